The normalized spacial score (nSPS) is 16.6. The molecule has 20 heavy (non-hydrogen) atoms. The molecule has 1 aliphatic heterocycles. The Morgan fingerprint density at radius 3 is 2.45 bits per heavy atom. The molecule has 3 nitrogen and oxygen atoms in total. The van der Waals surface area contributed by atoms with Gasteiger partial charge in [-0.05, 0) is 29.8 Å². The van der Waals surface area contributed by atoms with Gasteiger partial charge < -0.3 is 0 Å². The van der Waals surface area contributed by atoms with Crippen LogP contribution in [-0.4, -0.2) is 16.6 Å². The van der Waals surface area contributed by atoms with E-state index in [9.17, 15) is 0 Å². The first kappa shape index (κ1) is 13.2. The third-order valence-corrected chi connectivity index (χ3v) is 3.92. The summed E-state index contributed by atoms with van der Waals surface area (Å²) in [6.45, 7) is 0. The molecule has 1 N–H and O–H groups in total. The Balaban J connectivity index is 1.75. The summed E-state index contributed by atoms with van der Waals surface area (Å²) in [6.07, 6.45) is 0. The predicted molar refractivity (Wildman–Crippen MR) is 87.1 cm³/mol. The van der Waals surface area contributed by atoms with Gasteiger partial charge in [-0.15, -0.1) is 0 Å². The second kappa shape index (κ2) is 6.11. The number of amidine groups is 1. The zero-order valence-corrected chi connectivity index (χ0v) is 12.2. The number of thioether (sulfide) groups is 1. The number of aliphatic imine (C=N–C) groups is 1. The fraction of sp³-hybridized carbons (Fsp3) is 0.0667. The molecule has 0 radical (unpaired) electrons. The molecule has 0 aliphatic carbocycles. The van der Waals surface area contributed by atoms with Crippen molar-refractivity contribution < 1.29 is 0 Å². The average molecular weight is 302 g/mol. The quantitative estimate of drug-likeness (QED) is 0.908. The Labute approximate surface area is 126 Å². The molecule has 2 aromatic rings. The van der Waals surface area contributed by atoms with E-state index in [4.69, 9.17) is 11.6 Å². The number of hydrogen-bond donors (Lipinski definition) is 1. The minimum Gasteiger partial charge on any atom is -0.255 e. The number of halogens is 1. The van der Waals surface area contributed by atoms with Crippen molar-refractivity contribution in [2.75, 3.05) is 5.75 Å². The van der Waals surface area contributed by atoms with Crippen LogP contribution in [0.4, 0.5) is 5.69 Å². The van der Waals surface area contributed by atoms with Crippen molar-refractivity contribution in [3.05, 3.63) is 65.2 Å². The van der Waals surface area contributed by atoms with Gasteiger partial charge >= 0.3 is 0 Å². The summed E-state index contributed by atoms with van der Waals surface area (Å²) in [5.41, 5.74) is 6.00. The van der Waals surface area contributed by atoms with Crippen LogP contribution in [0.5, 0.6) is 0 Å². The van der Waals surface area contributed by atoms with Crippen LogP contribution in [-0.2, 0) is 0 Å². The lowest BCUT2D eigenvalue weighted by Gasteiger charge is -2.14. The van der Waals surface area contributed by atoms with Crippen LogP contribution in [0, 0.1) is 0 Å². The molecule has 2 aromatic carbocycles. The number of para-hydroxylation sites is 1. The Kier molecular flexibility index (Phi) is 4.04. The van der Waals surface area contributed by atoms with Gasteiger partial charge in [0.1, 0.15) is 0 Å². The third kappa shape index (κ3) is 3.21. The van der Waals surface area contributed by atoms with Gasteiger partial charge in [0.25, 0.3) is 0 Å². The molecule has 0 amide bonds. The Morgan fingerprint density at radius 1 is 1.05 bits per heavy atom. The van der Waals surface area contributed by atoms with E-state index in [1.54, 1.807) is 11.8 Å². The number of benzene rings is 2. The zero-order chi connectivity index (χ0) is 13.8. The Bertz CT molecular complexity index is 651. The number of nitrogens with zero attached hydrogens (tertiary/aromatic N) is 2. The molecule has 0 atom stereocenters. The first-order valence-electron chi connectivity index (χ1n) is 6.16. The first-order valence-corrected chi connectivity index (χ1v) is 7.53. The van der Waals surface area contributed by atoms with E-state index in [-0.39, 0.29) is 0 Å². The smallest absolute Gasteiger partial charge is 0.182 e. The maximum Gasteiger partial charge on any atom is 0.182 e. The maximum absolute atomic E-state index is 5.88. The monoisotopic (exact) mass is 301 g/mol. The van der Waals surface area contributed by atoms with Gasteiger partial charge in [0.2, 0.25) is 0 Å². The van der Waals surface area contributed by atoms with Crippen LogP contribution in [0.3, 0.4) is 0 Å². The van der Waals surface area contributed by atoms with Crippen molar-refractivity contribution in [1.29, 1.82) is 0 Å². The first-order chi connectivity index (χ1) is 9.81. The van der Waals surface area contributed by atoms with Crippen molar-refractivity contribution in [2.45, 2.75) is 0 Å². The fourth-order valence-electron chi connectivity index (χ4n) is 1.78. The molecular formula is C15H12ClN3S. The van der Waals surface area contributed by atoms with Crippen LogP contribution in [0.1, 0.15) is 5.56 Å². The van der Waals surface area contributed by atoms with Gasteiger partial charge in [0, 0.05) is 10.8 Å². The molecule has 0 spiro atoms. The zero-order valence-electron chi connectivity index (χ0n) is 10.6. The number of nitrogens with one attached hydrogen (secondary N) is 1. The molecule has 5 heteroatoms. The van der Waals surface area contributed by atoms with E-state index in [0.717, 1.165) is 32.9 Å². The Morgan fingerprint density at radius 2 is 1.80 bits per heavy atom. The molecule has 100 valence electrons. The highest BCUT2D eigenvalue weighted by Crippen LogP contribution is 2.19. The molecule has 0 saturated heterocycles. The van der Waals surface area contributed by atoms with Crippen LogP contribution in [0.25, 0.3) is 0 Å². The summed E-state index contributed by atoms with van der Waals surface area (Å²) in [5.74, 6) is 0.792. The van der Waals surface area contributed by atoms with Crippen LogP contribution in [0.15, 0.2) is 64.7 Å². The van der Waals surface area contributed by atoms with E-state index in [2.05, 4.69) is 15.5 Å². The van der Waals surface area contributed by atoms with Crippen LogP contribution >= 0.6 is 23.4 Å². The third-order valence-electron chi connectivity index (χ3n) is 2.80. The predicted octanol–water partition coefficient (Wildman–Crippen LogP) is 4.07. The molecule has 1 heterocycles. The van der Waals surface area contributed by atoms with E-state index < -0.39 is 0 Å². The highest BCUT2D eigenvalue weighted by Gasteiger charge is 2.12. The number of hydrogen-bond acceptors (Lipinski definition) is 3. The molecule has 0 saturated carbocycles. The van der Waals surface area contributed by atoms with Crippen LogP contribution < -0.4 is 5.43 Å². The highest BCUT2D eigenvalue weighted by molar-refractivity contribution is 8.14. The minimum absolute atomic E-state index is 0.733. The lowest BCUT2D eigenvalue weighted by molar-refractivity contribution is 1.03. The van der Waals surface area contributed by atoms with E-state index in [0.29, 0.717) is 0 Å². The van der Waals surface area contributed by atoms with Gasteiger partial charge in [0.15, 0.2) is 5.17 Å². The second-order valence-electron chi connectivity index (χ2n) is 4.22. The molecule has 3 rings (SSSR count). The standard InChI is InChI=1S/C15H12ClN3S/c16-12-8-6-11(7-9-12)14-10-20-15(19-18-14)17-13-4-2-1-3-5-13/h1-9H,10H2,(H,17,19). The summed E-state index contributed by atoms with van der Waals surface area (Å²) in [7, 11) is 0. The maximum atomic E-state index is 5.88. The lowest BCUT2D eigenvalue weighted by atomic mass is 10.1. The van der Waals surface area contributed by atoms with Gasteiger partial charge in [-0.25, -0.2) is 4.99 Å². The van der Waals surface area contributed by atoms with Crippen molar-refractivity contribution in [2.24, 2.45) is 10.1 Å². The molecule has 0 fully saturated rings. The van der Waals surface area contributed by atoms with Gasteiger partial charge in [-0.2, -0.15) is 5.10 Å². The molecule has 0 bridgehead atoms. The van der Waals surface area contributed by atoms with Crippen molar-refractivity contribution in [1.82, 2.24) is 5.43 Å². The average Bonchev–Trinajstić information content (AvgIpc) is 2.50. The summed E-state index contributed by atoms with van der Waals surface area (Å²) in [5, 5.41) is 5.93. The number of rotatable bonds is 2. The van der Waals surface area contributed by atoms with Crippen LogP contribution in [0.2, 0.25) is 5.02 Å². The second-order valence-corrected chi connectivity index (χ2v) is 5.62. The van der Waals surface area contributed by atoms with E-state index >= 15 is 0 Å². The summed E-state index contributed by atoms with van der Waals surface area (Å²) < 4.78 is 0. The van der Waals surface area contributed by atoms with Crippen molar-refractivity contribution in [3.63, 3.8) is 0 Å². The van der Waals surface area contributed by atoms with E-state index in [1.165, 1.54) is 0 Å². The summed E-state index contributed by atoms with van der Waals surface area (Å²) in [6, 6.07) is 17.5. The summed E-state index contributed by atoms with van der Waals surface area (Å²) >= 11 is 7.52. The van der Waals surface area contributed by atoms with Gasteiger partial charge in [-0.1, -0.05) is 53.7 Å². The Hall–Kier alpha value is -1.78. The summed E-state index contributed by atoms with van der Waals surface area (Å²) in [4.78, 5) is 4.50. The van der Waals surface area contributed by atoms with E-state index in [1.807, 2.05) is 54.6 Å². The van der Waals surface area contributed by atoms with Crippen molar-refractivity contribution in [3.8, 4) is 0 Å². The molecule has 1 aliphatic rings. The lowest BCUT2D eigenvalue weighted by Crippen LogP contribution is -2.25. The van der Waals surface area contributed by atoms with Gasteiger partial charge in [0.05, 0.1) is 11.4 Å². The molecule has 0 aromatic heterocycles. The number of hydrazone groups is 1. The molecular weight excluding hydrogens is 290 g/mol. The minimum atomic E-state index is 0.733. The van der Waals surface area contributed by atoms with Crippen molar-refractivity contribution >= 4 is 39.9 Å². The molecule has 0 unspecified atom stereocenters. The van der Waals surface area contributed by atoms with Gasteiger partial charge in [-0.3, -0.25) is 5.43 Å². The largest absolute Gasteiger partial charge is 0.255 e. The SMILES string of the molecule is Clc1ccc(C2=NNC(=Nc3ccccc3)SC2)cc1. The highest BCUT2D eigenvalue weighted by atomic mass is 35.5. The topological polar surface area (TPSA) is 36.8 Å². The fourth-order valence-corrected chi connectivity index (χ4v) is 2.69.